The fraction of sp³-hybridized carbons (Fsp3) is 0.571. The van der Waals surface area contributed by atoms with Crippen LogP contribution in [0.5, 0.6) is 11.5 Å². The first-order valence-corrected chi connectivity index (χ1v) is 6.15. The Balaban J connectivity index is 2.44. The van der Waals surface area contributed by atoms with Gasteiger partial charge in [0.15, 0.2) is 0 Å². The topological polar surface area (TPSA) is 38.7 Å². The molecule has 0 radical (unpaired) electrons. The number of hydrogen-bond donors (Lipinski definition) is 1. The van der Waals surface area contributed by atoms with Gasteiger partial charge in [0.25, 0.3) is 0 Å². The molecule has 0 saturated heterocycles. The van der Waals surface area contributed by atoms with Gasteiger partial charge in [-0.2, -0.15) is 0 Å². The summed E-state index contributed by atoms with van der Waals surface area (Å²) in [4.78, 5) is 0. The Hall–Kier alpha value is -1.22. The summed E-state index contributed by atoms with van der Waals surface area (Å²) in [5.41, 5.74) is 2.58. The van der Waals surface area contributed by atoms with E-state index in [0.29, 0.717) is 5.92 Å². The predicted octanol–water partition coefficient (Wildman–Crippen LogP) is 2.51. The van der Waals surface area contributed by atoms with Crippen LogP contribution in [-0.4, -0.2) is 25.9 Å². The Labute approximate surface area is 102 Å². The number of rotatable bonds is 4. The van der Waals surface area contributed by atoms with E-state index in [9.17, 15) is 0 Å². The number of aryl methyl sites for hydroxylation is 1. The lowest BCUT2D eigenvalue weighted by Crippen LogP contribution is -2.13. The Morgan fingerprint density at radius 2 is 2.12 bits per heavy atom. The van der Waals surface area contributed by atoms with Crippen molar-refractivity contribution in [3.05, 3.63) is 23.3 Å². The highest BCUT2D eigenvalue weighted by molar-refractivity contribution is 5.49. The maximum absolute atomic E-state index is 9.14. The summed E-state index contributed by atoms with van der Waals surface area (Å²) in [5.74, 6) is 2.17. The number of hydrogen-bond acceptors (Lipinski definition) is 3. The van der Waals surface area contributed by atoms with Crippen molar-refractivity contribution in [1.82, 2.24) is 0 Å². The summed E-state index contributed by atoms with van der Waals surface area (Å²) in [6.07, 6.45) is 4.20. The van der Waals surface area contributed by atoms with Crippen molar-refractivity contribution in [3.63, 3.8) is 0 Å². The van der Waals surface area contributed by atoms with Crippen LogP contribution in [0.4, 0.5) is 0 Å². The van der Waals surface area contributed by atoms with Crippen molar-refractivity contribution in [2.75, 3.05) is 20.8 Å². The van der Waals surface area contributed by atoms with Crippen molar-refractivity contribution >= 4 is 0 Å². The molecule has 2 rings (SSSR count). The monoisotopic (exact) mass is 236 g/mol. The molecule has 0 amide bonds. The van der Waals surface area contributed by atoms with E-state index in [0.717, 1.165) is 30.8 Å². The van der Waals surface area contributed by atoms with Gasteiger partial charge in [0, 0.05) is 18.2 Å². The third-order valence-electron chi connectivity index (χ3n) is 3.54. The number of aliphatic hydroxyl groups is 1. The first-order chi connectivity index (χ1) is 8.30. The number of aliphatic hydroxyl groups excluding tert-OH is 1. The summed E-state index contributed by atoms with van der Waals surface area (Å²) in [7, 11) is 3.37. The molecule has 3 nitrogen and oxygen atoms in total. The van der Waals surface area contributed by atoms with Gasteiger partial charge in [-0.3, -0.25) is 0 Å². The van der Waals surface area contributed by atoms with Crippen LogP contribution in [0.3, 0.4) is 0 Å². The summed E-state index contributed by atoms with van der Waals surface area (Å²) < 4.78 is 10.8. The van der Waals surface area contributed by atoms with Crippen LogP contribution in [0.25, 0.3) is 0 Å². The van der Waals surface area contributed by atoms with Gasteiger partial charge < -0.3 is 14.6 Å². The molecule has 0 saturated carbocycles. The molecule has 3 heteroatoms. The number of fused-ring (bicyclic) bond motifs is 1. The first-order valence-electron chi connectivity index (χ1n) is 6.15. The molecule has 0 aliphatic heterocycles. The van der Waals surface area contributed by atoms with Crippen LogP contribution in [0.15, 0.2) is 12.1 Å². The standard InChI is InChI=1S/C14H20O3/c1-16-12-8-11-5-3-4-10(6-7-15)14(11)13(9-12)17-2/h8-10,15H,3-7H2,1-2H3/t10-/m0/s1. The van der Waals surface area contributed by atoms with E-state index in [2.05, 4.69) is 6.07 Å². The summed E-state index contributed by atoms with van der Waals surface area (Å²) in [5, 5.41) is 9.14. The average Bonchev–Trinajstić information content (AvgIpc) is 2.38. The van der Waals surface area contributed by atoms with Crippen LogP contribution >= 0.6 is 0 Å². The van der Waals surface area contributed by atoms with Gasteiger partial charge in [0.05, 0.1) is 14.2 Å². The first kappa shape index (κ1) is 12.2. The number of ether oxygens (including phenoxy) is 2. The van der Waals surface area contributed by atoms with Crippen molar-refractivity contribution in [2.45, 2.75) is 31.6 Å². The van der Waals surface area contributed by atoms with E-state index in [1.165, 1.54) is 17.5 Å². The highest BCUT2D eigenvalue weighted by Gasteiger charge is 2.24. The molecule has 0 heterocycles. The normalized spacial score (nSPS) is 18.6. The smallest absolute Gasteiger partial charge is 0.126 e. The van der Waals surface area contributed by atoms with E-state index in [-0.39, 0.29) is 6.61 Å². The lowest BCUT2D eigenvalue weighted by atomic mass is 9.80. The third-order valence-corrected chi connectivity index (χ3v) is 3.54. The fourth-order valence-electron chi connectivity index (χ4n) is 2.74. The second-order valence-corrected chi connectivity index (χ2v) is 4.50. The van der Waals surface area contributed by atoms with Crippen molar-refractivity contribution in [2.24, 2.45) is 0 Å². The quantitative estimate of drug-likeness (QED) is 0.873. The zero-order valence-corrected chi connectivity index (χ0v) is 10.5. The molecule has 1 aliphatic rings. The molecule has 0 bridgehead atoms. The molecule has 94 valence electrons. The fourth-order valence-corrected chi connectivity index (χ4v) is 2.74. The molecule has 0 fully saturated rings. The van der Waals surface area contributed by atoms with Crippen LogP contribution in [0, 0.1) is 0 Å². The van der Waals surface area contributed by atoms with E-state index in [1.54, 1.807) is 14.2 Å². The third kappa shape index (κ3) is 2.39. The van der Waals surface area contributed by atoms with Crippen LogP contribution in [-0.2, 0) is 6.42 Å². The van der Waals surface area contributed by atoms with Gasteiger partial charge in [-0.15, -0.1) is 0 Å². The molecule has 17 heavy (non-hydrogen) atoms. The van der Waals surface area contributed by atoms with Crippen molar-refractivity contribution < 1.29 is 14.6 Å². The molecular formula is C14H20O3. The Morgan fingerprint density at radius 3 is 2.76 bits per heavy atom. The second-order valence-electron chi connectivity index (χ2n) is 4.50. The largest absolute Gasteiger partial charge is 0.497 e. The molecule has 1 aliphatic carbocycles. The summed E-state index contributed by atoms with van der Waals surface area (Å²) >= 11 is 0. The van der Waals surface area contributed by atoms with Crippen LogP contribution < -0.4 is 9.47 Å². The van der Waals surface area contributed by atoms with Crippen molar-refractivity contribution in [3.8, 4) is 11.5 Å². The van der Waals surface area contributed by atoms with Gasteiger partial charge in [0.1, 0.15) is 11.5 Å². The minimum atomic E-state index is 0.235. The van der Waals surface area contributed by atoms with Crippen LogP contribution in [0.2, 0.25) is 0 Å². The highest BCUT2D eigenvalue weighted by Crippen LogP contribution is 2.41. The molecular weight excluding hydrogens is 216 g/mol. The molecule has 0 unspecified atom stereocenters. The Bertz CT molecular complexity index is 370. The molecule has 1 atom stereocenters. The molecule has 1 N–H and O–H groups in total. The maximum atomic E-state index is 9.14. The Morgan fingerprint density at radius 1 is 1.29 bits per heavy atom. The van der Waals surface area contributed by atoms with Gasteiger partial charge in [-0.1, -0.05) is 0 Å². The van der Waals surface area contributed by atoms with E-state index in [4.69, 9.17) is 14.6 Å². The lowest BCUT2D eigenvalue weighted by molar-refractivity contribution is 0.267. The highest BCUT2D eigenvalue weighted by atomic mass is 16.5. The van der Waals surface area contributed by atoms with Crippen molar-refractivity contribution in [1.29, 1.82) is 0 Å². The molecule has 1 aromatic rings. The molecule has 0 spiro atoms. The molecule has 1 aromatic carbocycles. The SMILES string of the molecule is COc1cc2c(c(OC)c1)[C@H](CCO)CCC2. The van der Waals surface area contributed by atoms with Crippen LogP contribution in [0.1, 0.15) is 36.3 Å². The van der Waals surface area contributed by atoms with Gasteiger partial charge in [0.2, 0.25) is 0 Å². The number of methoxy groups -OCH3 is 2. The lowest BCUT2D eigenvalue weighted by Gasteiger charge is -2.27. The van der Waals surface area contributed by atoms with Gasteiger partial charge >= 0.3 is 0 Å². The second kappa shape index (κ2) is 5.41. The van der Waals surface area contributed by atoms with E-state index < -0.39 is 0 Å². The van der Waals surface area contributed by atoms with E-state index in [1.807, 2.05) is 6.07 Å². The average molecular weight is 236 g/mol. The van der Waals surface area contributed by atoms with E-state index >= 15 is 0 Å². The van der Waals surface area contributed by atoms with Gasteiger partial charge in [-0.05, 0) is 43.2 Å². The predicted molar refractivity (Wildman–Crippen MR) is 66.9 cm³/mol. The number of benzene rings is 1. The zero-order valence-electron chi connectivity index (χ0n) is 10.5. The molecule has 0 aromatic heterocycles. The van der Waals surface area contributed by atoms with Gasteiger partial charge in [-0.25, -0.2) is 0 Å². The minimum absolute atomic E-state index is 0.235. The maximum Gasteiger partial charge on any atom is 0.126 e. The Kier molecular flexibility index (Phi) is 3.89. The zero-order chi connectivity index (χ0) is 12.3. The summed E-state index contributed by atoms with van der Waals surface area (Å²) in [6.45, 7) is 0.235. The minimum Gasteiger partial charge on any atom is -0.497 e. The summed E-state index contributed by atoms with van der Waals surface area (Å²) in [6, 6.07) is 4.04.